The van der Waals surface area contributed by atoms with Gasteiger partial charge in [-0.2, -0.15) is 0 Å². The number of hydrogen-bond donors (Lipinski definition) is 0. The van der Waals surface area contributed by atoms with Gasteiger partial charge in [-0.3, -0.25) is 14.9 Å². The van der Waals surface area contributed by atoms with E-state index in [0.717, 1.165) is 24.0 Å². The van der Waals surface area contributed by atoms with Gasteiger partial charge in [0.15, 0.2) is 16.8 Å². The van der Waals surface area contributed by atoms with E-state index in [2.05, 4.69) is 10.2 Å². The molecule has 0 radical (unpaired) electrons. The average molecular weight is 410 g/mol. The minimum Gasteiger partial charge on any atom is -0.486 e. The highest BCUT2D eigenvalue weighted by atomic mass is 32.2. The van der Waals surface area contributed by atoms with Crippen LogP contribution in [-0.2, 0) is 20.1 Å². The maximum Gasteiger partial charge on any atom is 0.269 e. The van der Waals surface area contributed by atoms with Crippen molar-refractivity contribution in [1.82, 2.24) is 14.8 Å². The fourth-order valence-electron chi connectivity index (χ4n) is 3.19. The molecule has 0 N–H and O–H groups in total. The number of rotatable bonds is 6. The third kappa shape index (κ3) is 4.00. The van der Waals surface area contributed by atoms with Gasteiger partial charge in [0, 0.05) is 24.7 Å². The van der Waals surface area contributed by atoms with Crippen molar-refractivity contribution in [2.24, 2.45) is 7.05 Å². The van der Waals surface area contributed by atoms with Crippen LogP contribution in [0.2, 0.25) is 0 Å². The van der Waals surface area contributed by atoms with Crippen LogP contribution in [0.5, 0.6) is 5.75 Å². The molecule has 1 heterocycles. The zero-order chi connectivity index (χ0) is 20.4. The summed E-state index contributed by atoms with van der Waals surface area (Å²) in [5, 5.41) is 19.5. The molecule has 0 saturated carbocycles. The van der Waals surface area contributed by atoms with E-state index < -0.39 is 4.92 Å². The molecule has 29 heavy (non-hydrogen) atoms. The second kappa shape index (κ2) is 8.04. The molecule has 0 aliphatic heterocycles. The Balaban J connectivity index is 1.41. The summed E-state index contributed by atoms with van der Waals surface area (Å²) in [6.45, 7) is 0.170. The Morgan fingerprint density at radius 3 is 2.72 bits per heavy atom. The molecule has 0 unspecified atom stereocenters. The van der Waals surface area contributed by atoms with Crippen molar-refractivity contribution < 1.29 is 14.5 Å². The number of nitrogens with zero attached hydrogens (tertiary/aromatic N) is 4. The lowest BCUT2D eigenvalue weighted by Gasteiger charge is -2.22. The fraction of sp³-hybridized carbons (Fsp3) is 0.250. The molecule has 1 aliphatic carbocycles. The van der Waals surface area contributed by atoms with E-state index in [4.69, 9.17) is 4.74 Å². The van der Waals surface area contributed by atoms with Crippen molar-refractivity contribution in [2.45, 2.75) is 29.9 Å². The number of ketones is 1. The number of non-ortho nitro benzene ring substituents is 1. The van der Waals surface area contributed by atoms with Crippen molar-refractivity contribution in [1.29, 1.82) is 0 Å². The molecule has 8 nitrogen and oxygen atoms in total. The molecule has 0 bridgehead atoms. The predicted molar refractivity (Wildman–Crippen MR) is 107 cm³/mol. The van der Waals surface area contributed by atoms with Gasteiger partial charge in [0.2, 0.25) is 0 Å². The zero-order valence-corrected chi connectivity index (χ0v) is 16.5. The summed E-state index contributed by atoms with van der Waals surface area (Å²) in [4.78, 5) is 23.0. The fourth-order valence-corrected chi connectivity index (χ4v) is 4.27. The van der Waals surface area contributed by atoms with Crippen LogP contribution < -0.4 is 4.74 Å². The lowest BCUT2D eigenvalue weighted by atomic mass is 9.90. The molecule has 1 aliphatic rings. The number of carbonyl (C=O) groups is 1. The quantitative estimate of drug-likeness (QED) is 0.452. The summed E-state index contributed by atoms with van der Waals surface area (Å²) in [6, 6.07) is 13.6. The summed E-state index contributed by atoms with van der Waals surface area (Å²) in [5.41, 5.74) is 1.90. The summed E-state index contributed by atoms with van der Waals surface area (Å²) < 4.78 is 7.47. The van der Waals surface area contributed by atoms with Crippen LogP contribution in [0.1, 0.15) is 28.2 Å². The Kier molecular flexibility index (Phi) is 5.30. The number of nitro groups is 1. The van der Waals surface area contributed by atoms with Crippen LogP contribution in [0.3, 0.4) is 0 Å². The highest BCUT2D eigenvalue weighted by Crippen LogP contribution is 2.32. The zero-order valence-electron chi connectivity index (χ0n) is 15.6. The van der Waals surface area contributed by atoms with Gasteiger partial charge in [-0.25, -0.2) is 0 Å². The first-order valence-corrected chi connectivity index (χ1v) is 9.95. The highest BCUT2D eigenvalue weighted by molar-refractivity contribution is 8.00. The molecule has 3 aromatic rings. The van der Waals surface area contributed by atoms with E-state index in [1.807, 2.05) is 35.9 Å². The van der Waals surface area contributed by atoms with E-state index in [1.165, 1.54) is 23.9 Å². The normalized spacial score (nSPS) is 15.8. The van der Waals surface area contributed by atoms with Crippen molar-refractivity contribution in [2.75, 3.05) is 0 Å². The Morgan fingerprint density at radius 1 is 1.21 bits per heavy atom. The number of carbonyl (C=O) groups excluding carboxylic acids is 1. The summed E-state index contributed by atoms with van der Waals surface area (Å²) >= 11 is 1.42. The van der Waals surface area contributed by atoms with Crippen LogP contribution in [0, 0.1) is 10.1 Å². The molecular formula is C20H18N4O4S. The smallest absolute Gasteiger partial charge is 0.269 e. The molecule has 1 atom stereocenters. The van der Waals surface area contributed by atoms with Crippen molar-refractivity contribution >= 4 is 23.2 Å². The number of nitro benzene ring substituents is 1. The van der Waals surface area contributed by atoms with Crippen LogP contribution in [-0.4, -0.2) is 30.7 Å². The van der Waals surface area contributed by atoms with Crippen molar-refractivity contribution in [3.05, 3.63) is 75.6 Å². The Morgan fingerprint density at radius 2 is 1.97 bits per heavy atom. The van der Waals surface area contributed by atoms with Gasteiger partial charge >= 0.3 is 0 Å². The lowest BCUT2D eigenvalue weighted by Crippen LogP contribution is -2.25. The van der Waals surface area contributed by atoms with Gasteiger partial charge in [-0.1, -0.05) is 36.0 Å². The molecular weight excluding hydrogens is 392 g/mol. The first-order valence-electron chi connectivity index (χ1n) is 9.07. The second-order valence-corrected chi connectivity index (χ2v) is 7.83. The second-order valence-electron chi connectivity index (χ2n) is 6.66. The number of Topliss-reactive ketones (excluding diaryl/α,β-unsaturated/α-hetero) is 1. The van der Waals surface area contributed by atoms with E-state index in [9.17, 15) is 14.9 Å². The number of fused-ring (bicyclic) bond motifs is 1. The molecule has 0 saturated heterocycles. The standard InChI is InChI=1S/C20H18N4O4S/c1-23-18(12-28-15-9-7-14(8-10-15)24(26)27)21-22-20(23)29-17-11-6-13-4-2-3-5-16(13)19(17)25/h2-5,7-10,17H,6,11-12H2,1H3/t17-/m0/s1. The molecule has 4 rings (SSSR count). The highest BCUT2D eigenvalue weighted by Gasteiger charge is 2.29. The Hall–Kier alpha value is -3.20. The Bertz CT molecular complexity index is 1060. The molecule has 1 aromatic heterocycles. The first kappa shape index (κ1) is 19.1. The molecule has 0 spiro atoms. The minimum atomic E-state index is -0.457. The van der Waals surface area contributed by atoms with E-state index in [-0.39, 0.29) is 23.3 Å². The van der Waals surface area contributed by atoms with Crippen molar-refractivity contribution in [3.8, 4) is 5.75 Å². The summed E-state index contributed by atoms with van der Waals surface area (Å²) in [7, 11) is 1.83. The number of thioether (sulfide) groups is 1. The maximum absolute atomic E-state index is 12.8. The van der Waals surface area contributed by atoms with E-state index in [0.29, 0.717) is 16.7 Å². The first-order chi connectivity index (χ1) is 14.0. The average Bonchev–Trinajstić information content (AvgIpc) is 3.08. The van der Waals surface area contributed by atoms with E-state index in [1.54, 1.807) is 12.1 Å². The van der Waals surface area contributed by atoms with Crippen LogP contribution in [0.4, 0.5) is 5.69 Å². The molecule has 2 aromatic carbocycles. The maximum atomic E-state index is 12.8. The van der Waals surface area contributed by atoms with Crippen LogP contribution in [0.15, 0.2) is 53.7 Å². The number of aromatic nitrogens is 3. The molecule has 0 amide bonds. The number of ether oxygens (including phenoxy) is 1. The third-order valence-corrected chi connectivity index (χ3v) is 6.14. The number of benzene rings is 2. The van der Waals surface area contributed by atoms with Gasteiger partial charge in [-0.15, -0.1) is 10.2 Å². The lowest BCUT2D eigenvalue weighted by molar-refractivity contribution is -0.384. The van der Waals surface area contributed by atoms with Gasteiger partial charge in [-0.05, 0) is 30.5 Å². The van der Waals surface area contributed by atoms with Crippen LogP contribution >= 0.6 is 11.8 Å². The molecule has 0 fully saturated rings. The number of hydrogen-bond acceptors (Lipinski definition) is 7. The van der Waals surface area contributed by atoms with Gasteiger partial charge in [0.25, 0.3) is 5.69 Å². The van der Waals surface area contributed by atoms with Crippen molar-refractivity contribution in [3.63, 3.8) is 0 Å². The topological polar surface area (TPSA) is 100 Å². The van der Waals surface area contributed by atoms with Gasteiger partial charge < -0.3 is 9.30 Å². The largest absolute Gasteiger partial charge is 0.486 e. The van der Waals surface area contributed by atoms with Crippen LogP contribution in [0.25, 0.3) is 0 Å². The SMILES string of the molecule is Cn1c(COc2ccc([N+](=O)[O-])cc2)nnc1S[C@H]1CCc2ccccc2C1=O. The van der Waals surface area contributed by atoms with Gasteiger partial charge in [0.1, 0.15) is 12.4 Å². The third-order valence-electron chi connectivity index (χ3n) is 4.84. The Labute approximate surface area is 171 Å². The van der Waals surface area contributed by atoms with E-state index >= 15 is 0 Å². The molecule has 9 heteroatoms. The summed E-state index contributed by atoms with van der Waals surface area (Å²) in [5.74, 6) is 1.24. The molecule has 148 valence electrons. The predicted octanol–water partition coefficient (Wildman–Crippen LogP) is 3.59. The number of aryl methyl sites for hydroxylation is 1. The van der Waals surface area contributed by atoms with Gasteiger partial charge in [0.05, 0.1) is 10.2 Å². The minimum absolute atomic E-state index is 0.00779. The summed E-state index contributed by atoms with van der Waals surface area (Å²) in [6.07, 6.45) is 1.63. The monoisotopic (exact) mass is 410 g/mol.